The third-order valence-corrected chi connectivity index (χ3v) is 5.12. The predicted molar refractivity (Wildman–Crippen MR) is 135 cm³/mol. The first-order valence-electron chi connectivity index (χ1n) is 11.4. The number of hydrogen-bond donors (Lipinski definition) is 2. The van der Waals surface area contributed by atoms with Gasteiger partial charge in [-0.15, -0.1) is 0 Å². The van der Waals surface area contributed by atoms with Crippen molar-refractivity contribution in [2.75, 3.05) is 43.5 Å². The minimum absolute atomic E-state index is 0.00280. The van der Waals surface area contributed by atoms with E-state index in [1.165, 1.54) is 0 Å². The lowest BCUT2D eigenvalue weighted by Crippen LogP contribution is -2.30. The van der Waals surface area contributed by atoms with Crippen LogP contribution in [-0.4, -0.2) is 49.6 Å². The lowest BCUT2D eigenvalue weighted by atomic mass is 10.1. The predicted octanol–water partition coefficient (Wildman–Crippen LogP) is 4.68. The number of anilines is 2. The Morgan fingerprint density at radius 1 is 0.765 bits per heavy atom. The maximum Gasteiger partial charge on any atom is 0.253 e. The van der Waals surface area contributed by atoms with Gasteiger partial charge in [-0.2, -0.15) is 0 Å². The summed E-state index contributed by atoms with van der Waals surface area (Å²) in [6.07, 6.45) is 0. The van der Waals surface area contributed by atoms with E-state index in [4.69, 9.17) is 9.47 Å². The Morgan fingerprint density at radius 3 is 2.09 bits per heavy atom. The molecular weight excluding hydrogens is 430 g/mol. The van der Waals surface area contributed by atoms with E-state index in [0.29, 0.717) is 43.3 Å². The molecule has 3 aromatic carbocycles. The van der Waals surface area contributed by atoms with Gasteiger partial charge in [0.15, 0.2) is 0 Å². The molecule has 3 aromatic rings. The van der Waals surface area contributed by atoms with Gasteiger partial charge in [0.25, 0.3) is 5.91 Å². The van der Waals surface area contributed by atoms with E-state index in [0.717, 1.165) is 11.4 Å². The zero-order valence-electron chi connectivity index (χ0n) is 19.6. The van der Waals surface area contributed by atoms with Crippen LogP contribution < -0.4 is 20.1 Å². The van der Waals surface area contributed by atoms with E-state index < -0.39 is 0 Å². The standard InChI is InChI=1S/C27H31N3O4/c1-3-30(4-2)27(32)21-13-15-22(16-14-21)28-20-26(31)29-23-9-8-12-25(19-23)34-18-17-33-24-10-6-5-7-11-24/h5-16,19,28H,3-4,17-18,20H2,1-2H3,(H,29,31). The molecule has 0 radical (unpaired) electrons. The first-order valence-corrected chi connectivity index (χ1v) is 11.4. The van der Waals surface area contributed by atoms with Crippen molar-refractivity contribution in [3.8, 4) is 11.5 Å². The number of carbonyl (C=O) groups is 2. The molecule has 0 aliphatic carbocycles. The summed E-state index contributed by atoms with van der Waals surface area (Å²) < 4.78 is 11.3. The number of rotatable bonds is 12. The van der Waals surface area contributed by atoms with E-state index in [2.05, 4.69) is 10.6 Å². The van der Waals surface area contributed by atoms with E-state index in [1.54, 1.807) is 41.3 Å². The second-order valence-corrected chi connectivity index (χ2v) is 7.49. The zero-order valence-corrected chi connectivity index (χ0v) is 19.6. The second-order valence-electron chi connectivity index (χ2n) is 7.49. The topological polar surface area (TPSA) is 79.9 Å². The first kappa shape index (κ1) is 24.6. The molecule has 7 nitrogen and oxygen atoms in total. The normalized spacial score (nSPS) is 10.3. The maximum absolute atomic E-state index is 12.4. The molecule has 0 saturated heterocycles. The molecule has 2 amide bonds. The summed E-state index contributed by atoms with van der Waals surface area (Å²) in [5, 5.41) is 5.93. The fourth-order valence-corrected chi connectivity index (χ4v) is 3.31. The third-order valence-electron chi connectivity index (χ3n) is 5.12. The summed E-state index contributed by atoms with van der Waals surface area (Å²) in [5.74, 6) is 1.26. The van der Waals surface area contributed by atoms with Gasteiger partial charge in [0.2, 0.25) is 5.91 Å². The molecule has 178 valence electrons. The first-order chi connectivity index (χ1) is 16.6. The Morgan fingerprint density at radius 2 is 1.41 bits per heavy atom. The van der Waals surface area contributed by atoms with Gasteiger partial charge in [-0.3, -0.25) is 9.59 Å². The molecule has 2 N–H and O–H groups in total. The van der Waals surface area contributed by atoms with Crippen LogP contribution in [0.25, 0.3) is 0 Å². The number of ether oxygens (including phenoxy) is 2. The van der Waals surface area contributed by atoms with Crippen LogP contribution in [0.15, 0.2) is 78.9 Å². The molecular formula is C27H31N3O4. The van der Waals surface area contributed by atoms with Crippen molar-refractivity contribution in [2.45, 2.75) is 13.8 Å². The average molecular weight is 462 g/mol. The van der Waals surface area contributed by atoms with E-state index in [9.17, 15) is 9.59 Å². The molecule has 0 aromatic heterocycles. The average Bonchev–Trinajstić information content (AvgIpc) is 2.87. The van der Waals surface area contributed by atoms with Crippen molar-refractivity contribution in [1.82, 2.24) is 4.90 Å². The molecule has 0 unspecified atom stereocenters. The van der Waals surface area contributed by atoms with Crippen molar-refractivity contribution < 1.29 is 19.1 Å². The van der Waals surface area contributed by atoms with Crippen LogP contribution in [0.4, 0.5) is 11.4 Å². The number of para-hydroxylation sites is 1. The van der Waals surface area contributed by atoms with Crippen LogP contribution in [-0.2, 0) is 4.79 Å². The van der Waals surface area contributed by atoms with Gasteiger partial charge in [-0.05, 0) is 62.4 Å². The van der Waals surface area contributed by atoms with Crippen LogP contribution >= 0.6 is 0 Å². The summed E-state index contributed by atoms with van der Waals surface area (Å²) in [6, 6.07) is 23.9. The molecule has 0 saturated carbocycles. The van der Waals surface area contributed by atoms with E-state index in [1.807, 2.05) is 56.3 Å². The van der Waals surface area contributed by atoms with Crippen LogP contribution in [0.5, 0.6) is 11.5 Å². The van der Waals surface area contributed by atoms with Gasteiger partial charge in [0.1, 0.15) is 24.7 Å². The molecule has 0 heterocycles. The highest BCUT2D eigenvalue weighted by Crippen LogP contribution is 2.18. The molecule has 0 spiro atoms. The Balaban J connectivity index is 1.42. The minimum atomic E-state index is -0.187. The molecule has 0 atom stereocenters. The zero-order chi connectivity index (χ0) is 24.2. The van der Waals surface area contributed by atoms with Gasteiger partial charge in [0, 0.05) is 36.1 Å². The molecule has 0 aliphatic heterocycles. The van der Waals surface area contributed by atoms with Gasteiger partial charge >= 0.3 is 0 Å². The summed E-state index contributed by atoms with van der Waals surface area (Å²) in [4.78, 5) is 26.5. The number of nitrogens with zero attached hydrogens (tertiary/aromatic N) is 1. The fourth-order valence-electron chi connectivity index (χ4n) is 3.31. The number of nitrogens with one attached hydrogen (secondary N) is 2. The number of benzene rings is 3. The van der Waals surface area contributed by atoms with Gasteiger partial charge in [0.05, 0.1) is 6.54 Å². The summed E-state index contributed by atoms with van der Waals surface area (Å²) in [7, 11) is 0. The Hall–Kier alpha value is -4.00. The van der Waals surface area contributed by atoms with Crippen LogP contribution in [0.1, 0.15) is 24.2 Å². The highest BCUT2D eigenvalue weighted by Gasteiger charge is 2.12. The Bertz CT molecular complexity index is 1050. The summed E-state index contributed by atoms with van der Waals surface area (Å²) >= 11 is 0. The summed E-state index contributed by atoms with van der Waals surface area (Å²) in [5.41, 5.74) is 2.04. The van der Waals surface area contributed by atoms with Crippen molar-refractivity contribution in [2.24, 2.45) is 0 Å². The van der Waals surface area contributed by atoms with E-state index in [-0.39, 0.29) is 18.4 Å². The lowest BCUT2D eigenvalue weighted by molar-refractivity contribution is -0.114. The van der Waals surface area contributed by atoms with Crippen LogP contribution in [0.2, 0.25) is 0 Å². The Kier molecular flexibility index (Phi) is 9.34. The number of carbonyl (C=O) groups excluding carboxylic acids is 2. The van der Waals surface area contributed by atoms with Gasteiger partial charge < -0.3 is 25.0 Å². The SMILES string of the molecule is CCN(CC)C(=O)c1ccc(NCC(=O)Nc2cccc(OCCOc3ccccc3)c2)cc1. The maximum atomic E-state index is 12.4. The van der Waals surface area contributed by atoms with Crippen molar-refractivity contribution in [3.63, 3.8) is 0 Å². The largest absolute Gasteiger partial charge is 0.490 e. The minimum Gasteiger partial charge on any atom is -0.490 e. The Labute approximate surface area is 200 Å². The second kappa shape index (κ2) is 12.9. The fraction of sp³-hybridized carbons (Fsp3) is 0.259. The molecule has 0 aliphatic rings. The van der Waals surface area contributed by atoms with Crippen molar-refractivity contribution >= 4 is 23.2 Å². The monoisotopic (exact) mass is 461 g/mol. The van der Waals surface area contributed by atoms with Crippen molar-refractivity contribution in [3.05, 3.63) is 84.4 Å². The third kappa shape index (κ3) is 7.55. The van der Waals surface area contributed by atoms with Crippen molar-refractivity contribution in [1.29, 1.82) is 0 Å². The smallest absolute Gasteiger partial charge is 0.253 e. The number of hydrogen-bond acceptors (Lipinski definition) is 5. The highest BCUT2D eigenvalue weighted by molar-refractivity contribution is 5.95. The van der Waals surface area contributed by atoms with Gasteiger partial charge in [-0.1, -0.05) is 24.3 Å². The highest BCUT2D eigenvalue weighted by atomic mass is 16.5. The molecule has 34 heavy (non-hydrogen) atoms. The molecule has 0 fully saturated rings. The molecule has 3 rings (SSSR count). The molecule has 0 bridgehead atoms. The van der Waals surface area contributed by atoms with Crippen LogP contribution in [0, 0.1) is 0 Å². The van der Waals surface area contributed by atoms with E-state index >= 15 is 0 Å². The molecule has 7 heteroatoms. The quantitative estimate of drug-likeness (QED) is 0.383. The van der Waals surface area contributed by atoms with Crippen LogP contribution in [0.3, 0.4) is 0 Å². The summed E-state index contributed by atoms with van der Waals surface area (Å²) in [6.45, 7) is 6.16. The lowest BCUT2D eigenvalue weighted by Gasteiger charge is -2.18. The number of amides is 2. The van der Waals surface area contributed by atoms with Gasteiger partial charge in [-0.25, -0.2) is 0 Å².